The van der Waals surface area contributed by atoms with E-state index in [1.165, 1.54) is 76.5 Å². The number of aliphatic hydroxyl groups excluding tert-OH is 1. The molecule has 3 aromatic carbocycles. The first-order chi connectivity index (χ1) is 54.0. The van der Waals surface area contributed by atoms with Gasteiger partial charge in [-0.15, -0.1) is 0 Å². The minimum atomic E-state index is -1.17. The number of ketones is 3. The zero-order chi connectivity index (χ0) is 77.6. The summed E-state index contributed by atoms with van der Waals surface area (Å²) in [6.45, 7) is 1.94. The lowest BCUT2D eigenvalue weighted by atomic mass is 9.92. The lowest BCUT2D eigenvalue weighted by molar-refractivity contribution is -0.127. The number of aromatic nitrogens is 11. The van der Waals surface area contributed by atoms with Crippen molar-refractivity contribution in [3.05, 3.63) is 238 Å². The average Bonchev–Trinajstić information content (AvgIpc) is 1.75. The highest BCUT2D eigenvalue weighted by Gasteiger charge is 2.36. The number of fused-ring (bicyclic) bond motifs is 6. The number of ether oxygens (including phenoxy) is 3. The number of pyridine rings is 6. The third-order valence-corrected chi connectivity index (χ3v) is 19.6. The second kappa shape index (κ2) is 32.0. The van der Waals surface area contributed by atoms with Crippen molar-refractivity contribution < 1.29 is 67.6 Å². The van der Waals surface area contributed by atoms with Gasteiger partial charge in [-0.25, -0.2) is 19.7 Å². The van der Waals surface area contributed by atoms with Gasteiger partial charge >= 0.3 is 5.97 Å². The van der Waals surface area contributed by atoms with Crippen LogP contribution in [0.1, 0.15) is 95.9 Å². The molecule has 30 heteroatoms. The van der Waals surface area contributed by atoms with Crippen molar-refractivity contribution in [2.75, 3.05) is 61.2 Å². The summed E-state index contributed by atoms with van der Waals surface area (Å²) in [4.78, 5) is 156. The summed E-state index contributed by atoms with van der Waals surface area (Å²) in [5, 5.41) is 30.8. The van der Waals surface area contributed by atoms with Crippen molar-refractivity contribution in [1.82, 2.24) is 80.4 Å². The zero-order valence-electron chi connectivity index (χ0n) is 60.2. The molecule has 0 unspecified atom stereocenters. The first kappa shape index (κ1) is 73.5. The maximum atomic E-state index is 13.5. The molecule has 0 aliphatic carbocycles. The molecule has 30 nitrogen and oxygen atoms in total. The number of nitrogens with one attached hydrogen (secondary N) is 6. The highest BCUT2D eigenvalue weighted by Crippen LogP contribution is 2.39. The van der Waals surface area contributed by atoms with Crippen LogP contribution in [0.25, 0.3) is 77.9 Å². The average molecular weight is 1490 g/mol. The van der Waals surface area contributed by atoms with Crippen LogP contribution in [0.15, 0.2) is 171 Å². The number of carboxylic acid groups (broad SMARTS) is 1. The molecule has 558 valence electrons. The molecule has 0 saturated heterocycles. The molecule has 0 bridgehead atoms. The van der Waals surface area contributed by atoms with Gasteiger partial charge < -0.3 is 64.7 Å². The topological polar surface area (TPSA) is 409 Å². The number of amides is 5. The van der Waals surface area contributed by atoms with Gasteiger partial charge in [-0.3, -0.25) is 58.4 Å². The van der Waals surface area contributed by atoms with E-state index in [-0.39, 0.29) is 63.9 Å². The Morgan fingerprint density at radius 2 is 0.856 bits per heavy atom. The van der Waals surface area contributed by atoms with Gasteiger partial charge in [0.15, 0.2) is 11.4 Å². The van der Waals surface area contributed by atoms with Gasteiger partial charge in [0.05, 0.1) is 113 Å². The maximum absolute atomic E-state index is 13.5. The number of carbonyl (C=O) groups is 9. The van der Waals surface area contributed by atoms with E-state index in [2.05, 4.69) is 65.7 Å². The van der Waals surface area contributed by atoms with Crippen LogP contribution < -0.4 is 24.8 Å². The third-order valence-electron chi connectivity index (χ3n) is 19.6. The summed E-state index contributed by atoms with van der Waals surface area (Å²) >= 11 is 0. The van der Waals surface area contributed by atoms with E-state index >= 15 is 0 Å². The van der Waals surface area contributed by atoms with E-state index in [9.17, 15) is 48.3 Å². The largest absolute Gasteiger partial charge is 0.494 e. The second-order valence-corrected chi connectivity index (χ2v) is 25.8. The highest BCUT2D eigenvalue weighted by molar-refractivity contribution is 6.46. The summed E-state index contributed by atoms with van der Waals surface area (Å²) in [5.41, 5.74) is 14.0. The van der Waals surface area contributed by atoms with E-state index in [4.69, 9.17) is 19.3 Å². The molecule has 0 spiro atoms. The summed E-state index contributed by atoms with van der Waals surface area (Å²) in [7, 11) is 5.80. The Morgan fingerprint density at radius 1 is 0.468 bits per heavy atom. The fourth-order valence-electron chi connectivity index (χ4n) is 14.2. The number of aromatic carboxylic acids is 1. The predicted molar refractivity (Wildman–Crippen MR) is 405 cm³/mol. The number of hydrogen-bond donors (Lipinski definition) is 8. The molecule has 0 fully saturated rings. The monoisotopic (exact) mass is 1490 g/mol. The Bertz CT molecular complexity index is 5840. The van der Waals surface area contributed by atoms with E-state index in [1.54, 1.807) is 28.4 Å². The Balaban J connectivity index is 0.000000139. The van der Waals surface area contributed by atoms with E-state index < -0.39 is 52.9 Å². The molecule has 10 aromatic heterocycles. The molecule has 3 aliphatic heterocycles. The zero-order valence-corrected chi connectivity index (χ0v) is 60.2. The lowest BCUT2D eigenvalue weighted by Crippen LogP contribution is -2.40. The van der Waals surface area contributed by atoms with E-state index in [0.29, 0.717) is 103 Å². The van der Waals surface area contributed by atoms with Crippen LogP contribution in [0.4, 0.5) is 0 Å². The summed E-state index contributed by atoms with van der Waals surface area (Å²) < 4.78 is 16.2. The first-order valence-corrected chi connectivity index (χ1v) is 35.1. The molecule has 0 saturated carbocycles. The molecular weight excluding hydrogens is 1420 g/mol. The number of carboxylic acids is 1. The van der Waals surface area contributed by atoms with Gasteiger partial charge in [0.2, 0.25) is 0 Å². The highest BCUT2D eigenvalue weighted by atomic mass is 16.5. The quantitative estimate of drug-likeness (QED) is 0.0295. The smallest absolute Gasteiger partial charge is 0.353 e. The summed E-state index contributed by atoms with van der Waals surface area (Å²) in [6.07, 6.45) is 15.5. The SMILES string of the molecule is CNC(=O)c1ncc(OC)c2c(C(=O)C(=O)N3CCc4c(cccc4-c4ccccn4)C3)c[nH]c12.COc1cnc(-c2cc(C(=O)O)[nH]n2)c2[nH]cc(C(=O)C(=O)N3CCc4c(cccc4-c4ccccn4)C3)c12.COc1cnc(C(=O)NCCO)c2[nH]cc(C(=O)C(=O)N3CCc4c(cccc4-c4ccccn4)C3)c12. The van der Waals surface area contributed by atoms with Gasteiger partial charge in [-0.05, 0) is 89.0 Å². The number of aliphatic hydroxyl groups is 1. The van der Waals surface area contributed by atoms with Crippen molar-refractivity contribution in [3.63, 3.8) is 0 Å². The van der Waals surface area contributed by atoms with Crippen molar-refractivity contribution in [3.8, 4) is 62.4 Å². The molecule has 8 N–H and O–H groups in total. The first-order valence-electron chi connectivity index (χ1n) is 35.1. The van der Waals surface area contributed by atoms with Crippen LogP contribution in [-0.2, 0) is 53.3 Å². The van der Waals surface area contributed by atoms with Gasteiger partial charge in [0, 0.05) is 113 Å². The van der Waals surface area contributed by atoms with Gasteiger partial charge in [0.1, 0.15) is 34.3 Å². The van der Waals surface area contributed by atoms with Crippen LogP contribution in [0.2, 0.25) is 0 Å². The van der Waals surface area contributed by atoms with Crippen molar-refractivity contribution in [2.24, 2.45) is 0 Å². The normalized spacial score (nSPS) is 12.8. The Kier molecular flexibility index (Phi) is 21.2. The number of rotatable bonds is 18. The van der Waals surface area contributed by atoms with Crippen LogP contribution in [-0.4, -0.2) is 194 Å². The number of aromatic amines is 4. The summed E-state index contributed by atoms with van der Waals surface area (Å²) in [6, 6.07) is 36.4. The van der Waals surface area contributed by atoms with E-state index in [1.807, 2.05) is 109 Å². The lowest BCUT2D eigenvalue weighted by Gasteiger charge is -2.29. The minimum absolute atomic E-state index is 0.0321. The third kappa shape index (κ3) is 14.3. The minimum Gasteiger partial charge on any atom is -0.494 e. The number of methoxy groups -OCH3 is 3. The molecule has 16 rings (SSSR count). The number of H-pyrrole nitrogens is 4. The molecule has 13 aromatic rings. The number of Topliss-reactive ketones (excluding diaryl/α,β-unsaturated/α-hetero) is 3. The number of carbonyl (C=O) groups excluding carboxylic acids is 8. The predicted octanol–water partition coefficient (Wildman–Crippen LogP) is 8.37. The molecule has 111 heavy (non-hydrogen) atoms. The molecular formula is C81H70N16O14. The fraction of sp³-hybridized carbons (Fsp3) is 0.185. The standard InChI is InChI=1S/C28H22N6O5.C27H25N5O5.C26H23N5O4/c1-39-22-13-31-24(20-11-21(28(37)38)33-32-20)25-23(22)18(12-30-25)26(35)27(36)34-10-8-16-15(14-34)5-4-6-17(16)19-7-2-3-9-29-19;1-37-21-14-31-24(26(35)29-10-12-33)23-22(21)19(13-30-23)25(34)27(36)32-11-8-17-16(15-32)5-4-6-18(17)20-7-2-3-9-28-20;1-27-25(33)23-22-21(20(35-2)13-30-23)18(12-29-22)24(32)26(34)31-11-9-16-15(14-31)6-5-7-17(16)19-8-3-4-10-28-19/h2-7,9,11-13,30H,8,10,14H2,1H3,(H,32,33)(H,37,38);2-7,9,13-14,30,33H,8,10-12,15H2,1H3,(H,29,35);3-8,10,12-13,29H,9,11,14H2,1-2H3,(H,27,33). The maximum Gasteiger partial charge on any atom is 0.353 e. The second-order valence-electron chi connectivity index (χ2n) is 25.8. The number of nitrogens with zero attached hydrogens (tertiary/aromatic N) is 10. The number of benzene rings is 3. The molecule has 13 heterocycles. The van der Waals surface area contributed by atoms with E-state index in [0.717, 1.165) is 67.2 Å². The van der Waals surface area contributed by atoms with Crippen molar-refractivity contribution in [2.45, 2.75) is 38.9 Å². The fourth-order valence-corrected chi connectivity index (χ4v) is 14.2. The van der Waals surface area contributed by atoms with Gasteiger partial charge in [0.25, 0.3) is 46.9 Å². The van der Waals surface area contributed by atoms with Gasteiger partial charge in [-0.1, -0.05) is 72.8 Å². The van der Waals surface area contributed by atoms with Crippen LogP contribution in [0.3, 0.4) is 0 Å². The van der Waals surface area contributed by atoms with Crippen molar-refractivity contribution >= 4 is 85.6 Å². The Morgan fingerprint density at radius 3 is 1.22 bits per heavy atom. The van der Waals surface area contributed by atoms with Crippen LogP contribution in [0, 0.1) is 0 Å². The van der Waals surface area contributed by atoms with Crippen molar-refractivity contribution in [1.29, 1.82) is 0 Å². The Hall–Kier alpha value is -14.4. The molecule has 3 aliphatic rings. The van der Waals surface area contributed by atoms with Crippen LogP contribution >= 0.6 is 0 Å². The molecule has 0 radical (unpaired) electrons. The molecule has 5 amide bonds. The van der Waals surface area contributed by atoms with Crippen LogP contribution in [0.5, 0.6) is 17.2 Å². The molecule has 0 atom stereocenters. The van der Waals surface area contributed by atoms with Gasteiger partial charge in [-0.2, -0.15) is 5.10 Å². The Labute approximate surface area is 631 Å². The summed E-state index contributed by atoms with van der Waals surface area (Å²) in [5.74, 6) is -5.19. The number of hydrogen-bond acceptors (Lipinski definition) is 20.